The molecule has 1 rings (SSSR count). The maximum absolute atomic E-state index is 8.45. The van der Waals surface area contributed by atoms with Crippen molar-refractivity contribution in [3.63, 3.8) is 0 Å². The predicted molar refractivity (Wildman–Crippen MR) is 38.3 cm³/mol. The van der Waals surface area contributed by atoms with Crippen molar-refractivity contribution in [3.8, 4) is 6.07 Å². The van der Waals surface area contributed by atoms with Crippen LogP contribution in [0, 0.1) is 11.3 Å². The Bertz CT molecular complexity index is 260. The Morgan fingerprint density at radius 2 is 2.40 bits per heavy atom. The Balaban J connectivity index is 3.01. The first-order valence-electron chi connectivity index (χ1n) is 3.23. The second kappa shape index (κ2) is 2.98. The zero-order valence-corrected chi connectivity index (χ0v) is 5.83. The minimum absolute atomic E-state index is 0.499. The molecule has 1 aromatic heterocycles. The molecule has 0 aliphatic rings. The average molecular weight is 132 g/mol. The Kier molecular flexibility index (Phi) is 2.01. The molecular formula is C8H8N2. The Hall–Kier alpha value is -1.36. The lowest BCUT2D eigenvalue weighted by atomic mass is 10.3. The number of hydrogen-bond donors (Lipinski definition) is 0. The van der Waals surface area contributed by atoms with Crippen LogP contribution in [0.4, 0.5) is 0 Å². The van der Waals surface area contributed by atoms with Gasteiger partial charge in [0.1, 0.15) is 11.8 Å². The topological polar surface area (TPSA) is 36.7 Å². The van der Waals surface area contributed by atoms with Crippen LogP contribution in [0.3, 0.4) is 0 Å². The van der Waals surface area contributed by atoms with Gasteiger partial charge in [-0.15, -0.1) is 0 Å². The van der Waals surface area contributed by atoms with Gasteiger partial charge >= 0.3 is 0 Å². The van der Waals surface area contributed by atoms with E-state index >= 15 is 0 Å². The van der Waals surface area contributed by atoms with Gasteiger partial charge in [-0.2, -0.15) is 5.26 Å². The van der Waals surface area contributed by atoms with Crippen molar-refractivity contribution in [3.05, 3.63) is 29.6 Å². The van der Waals surface area contributed by atoms with E-state index in [0.29, 0.717) is 5.69 Å². The van der Waals surface area contributed by atoms with E-state index < -0.39 is 0 Å². The summed E-state index contributed by atoms with van der Waals surface area (Å²) < 4.78 is 0. The smallest absolute Gasteiger partial charge is 0.140 e. The van der Waals surface area contributed by atoms with Gasteiger partial charge in [-0.1, -0.05) is 13.0 Å². The van der Waals surface area contributed by atoms with Crippen molar-refractivity contribution in [2.24, 2.45) is 0 Å². The molecule has 0 N–H and O–H groups in total. The first-order valence-corrected chi connectivity index (χ1v) is 3.23. The molecule has 2 nitrogen and oxygen atoms in total. The van der Waals surface area contributed by atoms with E-state index in [4.69, 9.17) is 5.26 Å². The molecule has 0 aliphatic carbocycles. The summed E-state index contributed by atoms with van der Waals surface area (Å²) in [7, 11) is 0. The SMILES string of the molecule is CCc1cccc(C#N)n1. The fourth-order valence-corrected chi connectivity index (χ4v) is 0.739. The third kappa shape index (κ3) is 1.32. The molecule has 10 heavy (non-hydrogen) atoms. The highest BCUT2D eigenvalue weighted by molar-refractivity contribution is 5.21. The van der Waals surface area contributed by atoms with Crippen LogP contribution in [0.15, 0.2) is 18.2 Å². The number of rotatable bonds is 1. The summed E-state index contributed by atoms with van der Waals surface area (Å²) in [6.07, 6.45) is 0.884. The van der Waals surface area contributed by atoms with Crippen molar-refractivity contribution in [1.29, 1.82) is 5.26 Å². The molecule has 2 heteroatoms. The molecule has 0 spiro atoms. The van der Waals surface area contributed by atoms with Gasteiger partial charge in [-0.25, -0.2) is 4.98 Å². The lowest BCUT2D eigenvalue weighted by Crippen LogP contribution is -1.88. The monoisotopic (exact) mass is 132 g/mol. The molecule has 0 fully saturated rings. The van der Waals surface area contributed by atoms with Crippen LogP contribution < -0.4 is 0 Å². The first kappa shape index (κ1) is 6.76. The zero-order chi connectivity index (χ0) is 7.40. The van der Waals surface area contributed by atoms with Crippen LogP contribution in [-0.4, -0.2) is 4.98 Å². The second-order valence-corrected chi connectivity index (χ2v) is 1.98. The summed E-state index contributed by atoms with van der Waals surface area (Å²) in [6.45, 7) is 2.02. The quantitative estimate of drug-likeness (QED) is 0.580. The Morgan fingerprint density at radius 1 is 1.60 bits per heavy atom. The van der Waals surface area contributed by atoms with E-state index in [2.05, 4.69) is 4.98 Å². The van der Waals surface area contributed by atoms with E-state index in [1.807, 2.05) is 25.1 Å². The summed E-state index contributed by atoms with van der Waals surface area (Å²) in [6, 6.07) is 7.47. The van der Waals surface area contributed by atoms with E-state index in [1.54, 1.807) is 6.07 Å². The van der Waals surface area contributed by atoms with Gasteiger partial charge in [0.05, 0.1) is 0 Å². The van der Waals surface area contributed by atoms with Gasteiger partial charge in [0.2, 0.25) is 0 Å². The average Bonchev–Trinajstić information content (AvgIpc) is 2.05. The summed E-state index contributed by atoms with van der Waals surface area (Å²) in [4.78, 5) is 4.05. The fourth-order valence-electron chi connectivity index (χ4n) is 0.739. The van der Waals surface area contributed by atoms with Crippen molar-refractivity contribution in [1.82, 2.24) is 4.98 Å². The van der Waals surface area contributed by atoms with Crippen LogP contribution in [-0.2, 0) is 6.42 Å². The number of hydrogen-bond acceptors (Lipinski definition) is 2. The summed E-state index contributed by atoms with van der Waals surface area (Å²) in [5.41, 5.74) is 1.47. The molecule has 0 saturated carbocycles. The van der Waals surface area contributed by atoms with Gasteiger partial charge in [0.15, 0.2) is 0 Å². The molecule has 0 unspecified atom stereocenters. The van der Waals surface area contributed by atoms with Crippen molar-refractivity contribution in [2.75, 3.05) is 0 Å². The molecular weight excluding hydrogens is 124 g/mol. The first-order chi connectivity index (χ1) is 4.86. The Morgan fingerprint density at radius 3 is 3.00 bits per heavy atom. The fraction of sp³-hybridized carbons (Fsp3) is 0.250. The molecule has 0 bridgehead atoms. The summed E-state index contributed by atoms with van der Waals surface area (Å²) in [5, 5.41) is 8.45. The number of aryl methyl sites for hydroxylation is 1. The molecule has 1 aromatic rings. The van der Waals surface area contributed by atoms with Gasteiger partial charge in [0.25, 0.3) is 0 Å². The molecule has 1 heterocycles. The number of nitriles is 1. The minimum atomic E-state index is 0.499. The largest absolute Gasteiger partial charge is 0.242 e. The standard InChI is InChI=1S/C8H8N2/c1-2-7-4-3-5-8(6-9)10-7/h3-5H,2H2,1H3. The normalized spacial score (nSPS) is 8.80. The lowest BCUT2D eigenvalue weighted by Gasteiger charge is -1.92. The summed E-state index contributed by atoms with van der Waals surface area (Å²) >= 11 is 0. The van der Waals surface area contributed by atoms with Gasteiger partial charge in [-0.3, -0.25) is 0 Å². The maximum atomic E-state index is 8.45. The third-order valence-electron chi connectivity index (χ3n) is 1.28. The van der Waals surface area contributed by atoms with Crippen molar-refractivity contribution >= 4 is 0 Å². The highest BCUT2D eigenvalue weighted by Crippen LogP contribution is 1.97. The molecule has 0 aromatic carbocycles. The maximum Gasteiger partial charge on any atom is 0.140 e. The molecule has 0 radical (unpaired) electrons. The number of pyridine rings is 1. The third-order valence-corrected chi connectivity index (χ3v) is 1.28. The molecule has 0 aliphatic heterocycles. The van der Waals surface area contributed by atoms with E-state index in [9.17, 15) is 0 Å². The van der Waals surface area contributed by atoms with Crippen molar-refractivity contribution < 1.29 is 0 Å². The minimum Gasteiger partial charge on any atom is -0.242 e. The second-order valence-electron chi connectivity index (χ2n) is 1.98. The lowest BCUT2D eigenvalue weighted by molar-refractivity contribution is 1.02. The predicted octanol–water partition coefficient (Wildman–Crippen LogP) is 1.52. The molecule has 50 valence electrons. The number of aromatic nitrogens is 1. The molecule has 0 saturated heterocycles. The van der Waals surface area contributed by atoms with Crippen LogP contribution in [0.25, 0.3) is 0 Å². The van der Waals surface area contributed by atoms with Crippen LogP contribution >= 0.6 is 0 Å². The van der Waals surface area contributed by atoms with E-state index in [-0.39, 0.29) is 0 Å². The van der Waals surface area contributed by atoms with Crippen LogP contribution in [0.5, 0.6) is 0 Å². The van der Waals surface area contributed by atoms with E-state index in [1.165, 1.54) is 0 Å². The highest BCUT2D eigenvalue weighted by Gasteiger charge is 1.91. The van der Waals surface area contributed by atoms with Gasteiger partial charge in [0, 0.05) is 5.69 Å². The van der Waals surface area contributed by atoms with E-state index in [0.717, 1.165) is 12.1 Å². The molecule has 0 amide bonds. The zero-order valence-electron chi connectivity index (χ0n) is 5.83. The van der Waals surface area contributed by atoms with Gasteiger partial charge < -0.3 is 0 Å². The van der Waals surface area contributed by atoms with Crippen LogP contribution in [0.2, 0.25) is 0 Å². The molecule has 0 atom stereocenters. The van der Waals surface area contributed by atoms with Gasteiger partial charge in [-0.05, 0) is 18.6 Å². The Labute approximate surface area is 60.1 Å². The van der Waals surface area contributed by atoms with Crippen molar-refractivity contribution in [2.45, 2.75) is 13.3 Å². The van der Waals surface area contributed by atoms with Crippen LogP contribution in [0.1, 0.15) is 18.3 Å². The number of nitrogens with zero attached hydrogens (tertiary/aromatic N) is 2. The summed E-state index contributed by atoms with van der Waals surface area (Å²) in [5.74, 6) is 0. The highest BCUT2D eigenvalue weighted by atomic mass is 14.7.